The SMILES string of the molecule is C#CC(C)Oc1c(CC)nn(CC)c(=O)c1-c1ccccc1C.CC.[CH3-].[Y]. The maximum absolute atomic E-state index is 12.9. The monoisotopic (exact) mass is 444 g/mol. The van der Waals surface area contributed by atoms with E-state index < -0.39 is 6.10 Å². The van der Waals surface area contributed by atoms with Gasteiger partial charge in [0.05, 0.1) is 5.56 Å². The fraction of sp³-hybridized carbons (Fsp3) is 0.409. The van der Waals surface area contributed by atoms with Crippen LogP contribution in [0.2, 0.25) is 0 Å². The summed E-state index contributed by atoms with van der Waals surface area (Å²) in [5.74, 6) is 3.05. The Labute approximate surface area is 189 Å². The molecule has 1 atom stereocenters. The number of terminal acetylenes is 1. The van der Waals surface area contributed by atoms with E-state index in [1.807, 2.05) is 58.9 Å². The largest absolute Gasteiger partial charge is 0.475 e. The van der Waals surface area contributed by atoms with E-state index in [-0.39, 0.29) is 45.7 Å². The topological polar surface area (TPSA) is 44.1 Å². The standard InChI is InChI=1S/C19H22N2O2.C2H6.CH3.Y/c1-6-14(5)23-18-16(7-2)20-21(8-3)19(22)17(18)15-12-10-9-11-13(15)4;1-2;;/h1,9-12,14H,7-8H2,2-5H3;1-2H3;1H3;/q;;-1;. The van der Waals surface area contributed by atoms with Gasteiger partial charge in [-0.1, -0.05) is 51.0 Å². The molecule has 0 aliphatic rings. The third-order valence-corrected chi connectivity index (χ3v) is 3.76. The van der Waals surface area contributed by atoms with Crippen LogP contribution in [0.3, 0.4) is 0 Å². The van der Waals surface area contributed by atoms with Crippen molar-refractivity contribution >= 4 is 0 Å². The predicted octanol–water partition coefficient (Wildman–Crippen LogP) is 4.68. The van der Waals surface area contributed by atoms with Crippen LogP contribution in [0, 0.1) is 26.7 Å². The molecule has 27 heavy (non-hydrogen) atoms. The van der Waals surface area contributed by atoms with Crippen molar-refractivity contribution in [3.8, 4) is 29.2 Å². The molecule has 0 saturated heterocycles. The fourth-order valence-corrected chi connectivity index (χ4v) is 2.48. The van der Waals surface area contributed by atoms with Crippen molar-refractivity contribution in [3.05, 3.63) is 53.3 Å². The van der Waals surface area contributed by atoms with E-state index in [0.29, 0.717) is 24.3 Å². The molecule has 0 amide bonds. The maximum atomic E-state index is 12.9. The number of aromatic nitrogens is 2. The summed E-state index contributed by atoms with van der Waals surface area (Å²) in [5, 5.41) is 4.42. The molecular formula is C22H31N2O2Y-. The molecule has 0 saturated carbocycles. The van der Waals surface area contributed by atoms with Gasteiger partial charge in [0.25, 0.3) is 5.56 Å². The van der Waals surface area contributed by atoms with Gasteiger partial charge in [-0.25, -0.2) is 4.68 Å². The molecule has 2 aromatic rings. The van der Waals surface area contributed by atoms with Gasteiger partial charge in [-0.15, -0.1) is 6.42 Å². The minimum absolute atomic E-state index is 0. The average Bonchev–Trinajstić information content (AvgIpc) is 2.64. The summed E-state index contributed by atoms with van der Waals surface area (Å²) in [7, 11) is 0. The van der Waals surface area contributed by atoms with Gasteiger partial charge in [0.15, 0.2) is 11.9 Å². The Balaban J connectivity index is 0. The van der Waals surface area contributed by atoms with Gasteiger partial charge in [0.2, 0.25) is 0 Å². The molecule has 1 heterocycles. The van der Waals surface area contributed by atoms with Crippen molar-refractivity contribution in [2.75, 3.05) is 0 Å². The quantitative estimate of drug-likeness (QED) is 0.497. The van der Waals surface area contributed by atoms with Crippen LogP contribution in [0.5, 0.6) is 5.75 Å². The number of nitrogens with zero attached hydrogens (tertiary/aromatic N) is 2. The molecule has 0 fully saturated rings. The number of benzene rings is 1. The van der Waals surface area contributed by atoms with E-state index >= 15 is 0 Å². The number of aryl methyl sites for hydroxylation is 3. The Hall–Kier alpha value is -1.44. The Morgan fingerprint density at radius 3 is 2.33 bits per heavy atom. The first kappa shape index (κ1) is 27.8. The Bertz CT molecular complexity index is 807. The van der Waals surface area contributed by atoms with E-state index in [1.165, 1.54) is 4.68 Å². The van der Waals surface area contributed by atoms with Gasteiger partial charge in [-0.05, 0) is 38.3 Å². The number of ether oxygens (including phenoxy) is 1. The summed E-state index contributed by atoms with van der Waals surface area (Å²) in [6.45, 7) is 12.2. The van der Waals surface area contributed by atoms with Crippen LogP contribution in [0.25, 0.3) is 11.1 Å². The van der Waals surface area contributed by atoms with Crippen LogP contribution in [0.4, 0.5) is 0 Å². The molecule has 145 valence electrons. The van der Waals surface area contributed by atoms with Crippen molar-refractivity contribution in [2.45, 2.75) is 60.6 Å². The van der Waals surface area contributed by atoms with E-state index in [2.05, 4.69) is 11.0 Å². The molecule has 1 radical (unpaired) electrons. The Morgan fingerprint density at radius 1 is 1.26 bits per heavy atom. The third kappa shape index (κ3) is 6.59. The molecule has 0 aliphatic carbocycles. The summed E-state index contributed by atoms with van der Waals surface area (Å²) in [6, 6.07) is 7.77. The van der Waals surface area contributed by atoms with Gasteiger partial charge in [0.1, 0.15) is 5.69 Å². The molecule has 0 N–H and O–H groups in total. The van der Waals surface area contributed by atoms with Gasteiger partial charge in [0, 0.05) is 39.3 Å². The van der Waals surface area contributed by atoms with E-state index in [4.69, 9.17) is 11.2 Å². The zero-order chi connectivity index (χ0) is 19.0. The zero-order valence-corrected chi connectivity index (χ0v) is 20.5. The molecule has 1 unspecified atom stereocenters. The molecular weight excluding hydrogens is 413 g/mol. The van der Waals surface area contributed by atoms with Crippen LogP contribution in [-0.2, 0) is 45.7 Å². The van der Waals surface area contributed by atoms with Gasteiger partial charge < -0.3 is 12.2 Å². The number of hydrogen-bond acceptors (Lipinski definition) is 3. The molecule has 0 bridgehead atoms. The minimum Gasteiger partial charge on any atom is -0.475 e. The molecule has 0 spiro atoms. The number of rotatable bonds is 5. The van der Waals surface area contributed by atoms with Crippen LogP contribution in [0.1, 0.15) is 45.9 Å². The zero-order valence-electron chi connectivity index (χ0n) is 17.7. The van der Waals surface area contributed by atoms with Crippen molar-refractivity contribution in [1.82, 2.24) is 9.78 Å². The van der Waals surface area contributed by atoms with E-state index in [1.54, 1.807) is 6.92 Å². The molecule has 5 heteroatoms. The van der Waals surface area contributed by atoms with Gasteiger partial charge in [-0.2, -0.15) is 5.10 Å². The van der Waals surface area contributed by atoms with Crippen LogP contribution < -0.4 is 10.3 Å². The molecule has 0 aliphatic heterocycles. The van der Waals surface area contributed by atoms with E-state index in [9.17, 15) is 4.79 Å². The molecule has 4 nitrogen and oxygen atoms in total. The van der Waals surface area contributed by atoms with Gasteiger partial charge >= 0.3 is 0 Å². The van der Waals surface area contributed by atoms with Crippen molar-refractivity contribution in [1.29, 1.82) is 0 Å². The first-order valence-electron chi connectivity index (χ1n) is 8.86. The maximum Gasteiger partial charge on any atom is 0.278 e. The van der Waals surface area contributed by atoms with Crippen molar-refractivity contribution in [2.24, 2.45) is 0 Å². The summed E-state index contributed by atoms with van der Waals surface area (Å²) in [4.78, 5) is 12.9. The first-order chi connectivity index (χ1) is 12.0. The van der Waals surface area contributed by atoms with Crippen LogP contribution >= 0.6 is 0 Å². The van der Waals surface area contributed by atoms with E-state index in [0.717, 1.165) is 16.8 Å². The second-order valence-electron chi connectivity index (χ2n) is 5.37. The van der Waals surface area contributed by atoms with Crippen LogP contribution in [-0.4, -0.2) is 15.9 Å². The minimum atomic E-state index is -0.429. The second-order valence-corrected chi connectivity index (χ2v) is 5.37. The Kier molecular flexibility index (Phi) is 14.1. The molecule has 1 aromatic heterocycles. The average molecular weight is 444 g/mol. The summed E-state index contributed by atoms with van der Waals surface area (Å²) in [6.07, 6.45) is 5.68. The Morgan fingerprint density at radius 2 is 1.85 bits per heavy atom. The normalized spacial score (nSPS) is 10.3. The second kappa shape index (κ2) is 13.7. The molecule has 2 rings (SSSR count). The number of hydrogen-bond donors (Lipinski definition) is 0. The molecule has 1 aromatic carbocycles. The first-order valence-corrected chi connectivity index (χ1v) is 8.86. The summed E-state index contributed by atoms with van der Waals surface area (Å²) >= 11 is 0. The predicted molar refractivity (Wildman–Crippen MR) is 110 cm³/mol. The smallest absolute Gasteiger partial charge is 0.278 e. The fourth-order valence-electron chi connectivity index (χ4n) is 2.48. The van der Waals surface area contributed by atoms with Crippen LogP contribution in [0.15, 0.2) is 29.1 Å². The summed E-state index contributed by atoms with van der Waals surface area (Å²) < 4.78 is 7.37. The van der Waals surface area contributed by atoms with Crippen molar-refractivity contribution < 1.29 is 37.4 Å². The van der Waals surface area contributed by atoms with Crippen molar-refractivity contribution in [3.63, 3.8) is 0 Å². The summed E-state index contributed by atoms with van der Waals surface area (Å²) in [5.41, 5.74) is 3.00. The van der Waals surface area contributed by atoms with Gasteiger partial charge in [-0.3, -0.25) is 4.79 Å². The third-order valence-electron chi connectivity index (χ3n) is 3.76.